The van der Waals surface area contributed by atoms with Gasteiger partial charge in [0.15, 0.2) is 5.65 Å². The molecule has 0 amide bonds. The number of rotatable bonds is 5. The minimum absolute atomic E-state index is 0.402. The van der Waals surface area contributed by atoms with Gasteiger partial charge in [-0.15, -0.1) is 0 Å². The first kappa shape index (κ1) is 20.7. The third-order valence-corrected chi connectivity index (χ3v) is 5.15. The number of hydrogen-bond acceptors (Lipinski definition) is 4. The van der Waals surface area contributed by atoms with Crippen LogP contribution in [0.2, 0.25) is 0 Å². The van der Waals surface area contributed by atoms with Crippen molar-refractivity contribution in [2.75, 3.05) is 12.4 Å². The van der Waals surface area contributed by atoms with Gasteiger partial charge in [-0.3, -0.25) is 0 Å². The summed E-state index contributed by atoms with van der Waals surface area (Å²) >= 11 is 0. The van der Waals surface area contributed by atoms with E-state index in [9.17, 15) is 13.2 Å². The molecule has 1 N–H and O–H groups in total. The first-order valence-electron chi connectivity index (χ1n) is 9.76. The highest BCUT2D eigenvalue weighted by Crippen LogP contribution is 2.34. The standard InChI is InChI=1S/C23H21F3N4O/c1-4-18-14(2)10-17(12-20(18)31-3)28-21-8-9-30-22(29-21)19(13-27-30)15-6-5-7-16(11-15)23(24,25)26/h5-13H,4H2,1-3H3,(H,28,29). The Labute approximate surface area is 177 Å². The Hall–Kier alpha value is -3.55. The highest BCUT2D eigenvalue weighted by Gasteiger charge is 2.30. The summed E-state index contributed by atoms with van der Waals surface area (Å²) in [7, 11) is 1.63. The summed E-state index contributed by atoms with van der Waals surface area (Å²) < 4.78 is 46.4. The number of aryl methyl sites for hydroxylation is 1. The van der Waals surface area contributed by atoms with Crippen LogP contribution >= 0.6 is 0 Å². The molecule has 0 bridgehead atoms. The van der Waals surface area contributed by atoms with Crippen LogP contribution < -0.4 is 10.1 Å². The van der Waals surface area contributed by atoms with E-state index in [2.05, 4.69) is 22.3 Å². The molecule has 0 fully saturated rings. The van der Waals surface area contributed by atoms with Crippen LogP contribution in [0.5, 0.6) is 5.75 Å². The summed E-state index contributed by atoms with van der Waals surface area (Å²) in [6, 6.07) is 10.8. The third-order valence-electron chi connectivity index (χ3n) is 5.15. The third kappa shape index (κ3) is 4.05. The number of ether oxygens (including phenoxy) is 1. The molecule has 0 atom stereocenters. The van der Waals surface area contributed by atoms with E-state index in [1.807, 2.05) is 19.1 Å². The van der Waals surface area contributed by atoms with Gasteiger partial charge in [0.05, 0.1) is 18.9 Å². The highest BCUT2D eigenvalue weighted by molar-refractivity contribution is 5.78. The van der Waals surface area contributed by atoms with Crippen molar-refractivity contribution in [1.29, 1.82) is 0 Å². The van der Waals surface area contributed by atoms with Crippen LogP contribution in [-0.2, 0) is 12.6 Å². The van der Waals surface area contributed by atoms with Crippen molar-refractivity contribution in [3.8, 4) is 16.9 Å². The van der Waals surface area contributed by atoms with Gasteiger partial charge in [0.1, 0.15) is 11.6 Å². The average Bonchev–Trinajstić information content (AvgIpc) is 3.16. The van der Waals surface area contributed by atoms with E-state index in [4.69, 9.17) is 4.74 Å². The van der Waals surface area contributed by atoms with Crippen LogP contribution in [0.3, 0.4) is 0 Å². The summed E-state index contributed by atoms with van der Waals surface area (Å²) in [4.78, 5) is 4.59. The van der Waals surface area contributed by atoms with Crippen LogP contribution in [0.25, 0.3) is 16.8 Å². The van der Waals surface area contributed by atoms with E-state index in [1.165, 1.54) is 16.8 Å². The Balaban J connectivity index is 1.72. The minimum Gasteiger partial charge on any atom is -0.496 e. The Morgan fingerprint density at radius 1 is 1.13 bits per heavy atom. The summed E-state index contributed by atoms with van der Waals surface area (Å²) in [5.74, 6) is 1.34. The smallest absolute Gasteiger partial charge is 0.416 e. The van der Waals surface area contributed by atoms with Crippen LogP contribution in [0.4, 0.5) is 24.7 Å². The molecule has 4 rings (SSSR count). The quantitative estimate of drug-likeness (QED) is 0.423. The maximum atomic E-state index is 13.1. The first-order chi connectivity index (χ1) is 14.8. The lowest BCUT2D eigenvalue weighted by atomic mass is 10.0. The fourth-order valence-corrected chi connectivity index (χ4v) is 3.65. The van der Waals surface area contributed by atoms with Gasteiger partial charge in [0.25, 0.3) is 0 Å². The molecule has 0 aliphatic carbocycles. The lowest BCUT2D eigenvalue weighted by Crippen LogP contribution is -2.04. The number of nitrogens with zero attached hydrogens (tertiary/aromatic N) is 3. The van der Waals surface area contributed by atoms with E-state index in [-0.39, 0.29) is 0 Å². The molecule has 4 aromatic rings. The number of fused-ring (bicyclic) bond motifs is 1. The Morgan fingerprint density at radius 2 is 1.94 bits per heavy atom. The van der Waals surface area contributed by atoms with E-state index >= 15 is 0 Å². The summed E-state index contributed by atoms with van der Waals surface area (Å²) in [5, 5.41) is 7.48. The molecule has 5 nitrogen and oxygen atoms in total. The maximum absolute atomic E-state index is 13.1. The molecule has 0 aliphatic heterocycles. The molecule has 2 aromatic carbocycles. The number of benzene rings is 2. The van der Waals surface area contributed by atoms with Gasteiger partial charge in [-0.1, -0.05) is 19.1 Å². The number of halogens is 3. The second kappa shape index (κ2) is 7.94. The number of hydrogen-bond donors (Lipinski definition) is 1. The predicted octanol–water partition coefficient (Wildman–Crippen LogP) is 6.04. The fourth-order valence-electron chi connectivity index (χ4n) is 3.65. The normalized spacial score (nSPS) is 11.7. The van der Waals surface area contributed by atoms with Gasteiger partial charge < -0.3 is 10.1 Å². The second-order valence-electron chi connectivity index (χ2n) is 7.17. The van der Waals surface area contributed by atoms with Crippen LogP contribution in [0.15, 0.2) is 54.9 Å². The summed E-state index contributed by atoms with van der Waals surface area (Å²) in [6.45, 7) is 4.09. The van der Waals surface area contributed by atoms with E-state index in [0.29, 0.717) is 22.6 Å². The molecule has 8 heteroatoms. The largest absolute Gasteiger partial charge is 0.496 e. The topological polar surface area (TPSA) is 51.5 Å². The molecule has 0 spiro atoms. The number of anilines is 2. The van der Waals surface area contributed by atoms with E-state index in [1.54, 1.807) is 25.4 Å². The SMILES string of the molecule is CCc1c(C)cc(Nc2ccn3ncc(-c4cccc(C(F)(F)F)c4)c3n2)cc1OC. The monoisotopic (exact) mass is 426 g/mol. The number of aromatic nitrogens is 3. The molecular weight excluding hydrogens is 405 g/mol. The van der Waals surface area contributed by atoms with Crippen molar-refractivity contribution in [3.63, 3.8) is 0 Å². The molecule has 0 saturated carbocycles. The number of methoxy groups -OCH3 is 1. The summed E-state index contributed by atoms with van der Waals surface area (Å²) in [5.41, 5.74) is 3.71. The van der Waals surface area contributed by atoms with Crippen molar-refractivity contribution >= 4 is 17.2 Å². The Kier molecular flexibility index (Phi) is 5.31. The predicted molar refractivity (Wildman–Crippen MR) is 114 cm³/mol. The minimum atomic E-state index is -4.42. The lowest BCUT2D eigenvalue weighted by Gasteiger charge is -2.14. The lowest BCUT2D eigenvalue weighted by molar-refractivity contribution is -0.137. The Morgan fingerprint density at radius 3 is 2.65 bits per heavy atom. The van der Waals surface area contributed by atoms with Gasteiger partial charge in [0, 0.05) is 23.5 Å². The van der Waals surface area contributed by atoms with Gasteiger partial charge in [0.2, 0.25) is 0 Å². The zero-order chi connectivity index (χ0) is 22.2. The van der Waals surface area contributed by atoms with Crippen molar-refractivity contribution in [2.45, 2.75) is 26.4 Å². The molecule has 31 heavy (non-hydrogen) atoms. The molecule has 2 heterocycles. The van der Waals surface area contributed by atoms with Gasteiger partial charge in [-0.2, -0.15) is 18.3 Å². The summed E-state index contributed by atoms with van der Waals surface area (Å²) in [6.07, 6.45) is -0.326. The Bertz CT molecular complexity index is 1250. The zero-order valence-corrected chi connectivity index (χ0v) is 17.3. The van der Waals surface area contributed by atoms with Crippen LogP contribution in [-0.4, -0.2) is 21.7 Å². The van der Waals surface area contributed by atoms with Crippen molar-refractivity contribution < 1.29 is 17.9 Å². The van der Waals surface area contributed by atoms with E-state index < -0.39 is 11.7 Å². The van der Waals surface area contributed by atoms with Crippen LogP contribution in [0.1, 0.15) is 23.6 Å². The molecule has 2 aromatic heterocycles. The number of nitrogens with one attached hydrogen (secondary N) is 1. The van der Waals surface area contributed by atoms with Crippen molar-refractivity contribution in [1.82, 2.24) is 14.6 Å². The molecule has 0 aliphatic rings. The highest BCUT2D eigenvalue weighted by atomic mass is 19.4. The molecule has 0 saturated heterocycles. The van der Waals surface area contributed by atoms with E-state index in [0.717, 1.165) is 41.1 Å². The fraction of sp³-hybridized carbons (Fsp3) is 0.217. The number of alkyl halides is 3. The second-order valence-corrected chi connectivity index (χ2v) is 7.17. The van der Waals surface area contributed by atoms with Gasteiger partial charge in [-0.25, -0.2) is 9.50 Å². The first-order valence-corrected chi connectivity index (χ1v) is 9.76. The van der Waals surface area contributed by atoms with Gasteiger partial charge >= 0.3 is 6.18 Å². The molecule has 0 unspecified atom stereocenters. The van der Waals surface area contributed by atoms with Crippen molar-refractivity contribution in [3.05, 3.63) is 71.5 Å². The molecule has 0 radical (unpaired) electrons. The maximum Gasteiger partial charge on any atom is 0.416 e. The van der Waals surface area contributed by atoms with Crippen LogP contribution in [0, 0.1) is 6.92 Å². The average molecular weight is 426 g/mol. The van der Waals surface area contributed by atoms with Crippen molar-refractivity contribution in [2.24, 2.45) is 0 Å². The zero-order valence-electron chi connectivity index (χ0n) is 17.3. The molecule has 160 valence electrons. The molecular formula is C23H21F3N4O. The van der Waals surface area contributed by atoms with Gasteiger partial charge in [-0.05, 0) is 54.3 Å².